The van der Waals surface area contributed by atoms with Crippen LogP contribution in [0.4, 0.5) is 0 Å². The van der Waals surface area contributed by atoms with Crippen molar-refractivity contribution in [1.82, 2.24) is 0 Å². The molecule has 1 aliphatic heterocycles. The summed E-state index contributed by atoms with van der Waals surface area (Å²) in [5, 5.41) is 0.599. The van der Waals surface area contributed by atoms with Crippen molar-refractivity contribution in [3.05, 3.63) is 28.8 Å². The highest BCUT2D eigenvalue weighted by atomic mass is 35.5. The Bertz CT molecular complexity index is 534. The molecule has 0 spiro atoms. The van der Waals surface area contributed by atoms with Gasteiger partial charge in [-0.1, -0.05) is 17.7 Å². The van der Waals surface area contributed by atoms with Gasteiger partial charge >= 0.3 is 0 Å². The molecule has 5 heteroatoms. The Morgan fingerprint density at radius 1 is 1.42 bits per heavy atom. The molecule has 0 unspecified atom stereocenters. The van der Waals surface area contributed by atoms with E-state index >= 15 is 0 Å². The highest BCUT2D eigenvalue weighted by Gasteiger charge is 2.39. The zero-order chi connectivity index (χ0) is 13.3. The van der Waals surface area contributed by atoms with E-state index in [0.717, 1.165) is 42.1 Å². The SMILES string of the molecule is O=C=NC1(c2ccc(OC3CSC3)c(Cl)c2)CCC1. The first-order chi connectivity index (χ1) is 9.23. The zero-order valence-corrected chi connectivity index (χ0v) is 12.0. The molecule has 19 heavy (non-hydrogen) atoms. The molecule has 2 aliphatic rings. The van der Waals surface area contributed by atoms with Gasteiger partial charge in [0.25, 0.3) is 0 Å². The summed E-state index contributed by atoms with van der Waals surface area (Å²) in [6.45, 7) is 0. The maximum Gasteiger partial charge on any atom is 0.235 e. The summed E-state index contributed by atoms with van der Waals surface area (Å²) in [4.78, 5) is 14.6. The second-order valence-electron chi connectivity index (χ2n) is 5.01. The van der Waals surface area contributed by atoms with Gasteiger partial charge in [-0.3, -0.25) is 0 Å². The predicted molar refractivity (Wildman–Crippen MR) is 76.8 cm³/mol. The topological polar surface area (TPSA) is 38.7 Å². The molecule has 1 aromatic rings. The third kappa shape index (κ3) is 2.40. The lowest BCUT2D eigenvalue weighted by molar-refractivity contribution is 0.238. The van der Waals surface area contributed by atoms with Crippen LogP contribution in [0.5, 0.6) is 5.75 Å². The zero-order valence-electron chi connectivity index (χ0n) is 10.4. The largest absolute Gasteiger partial charge is 0.487 e. The molecule has 0 atom stereocenters. The predicted octanol–water partition coefficient (Wildman–Crippen LogP) is 3.55. The maximum atomic E-state index is 10.6. The van der Waals surface area contributed by atoms with Gasteiger partial charge in [-0.2, -0.15) is 16.8 Å². The molecule has 0 amide bonds. The van der Waals surface area contributed by atoms with Crippen LogP contribution in [0.25, 0.3) is 0 Å². The summed E-state index contributed by atoms with van der Waals surface area (Å²) < 4.78 is 5.80. The van der Waals surface area contributed by atoms with Crippen LogP contribution in [0.3, 0.4) is 0 Å². The summed E-state index contributed by atoms with van der Waals surface area (Å²) in [5.41, 5.74) is 0.596. The molecule has 1 saturated carbocycles. The molecule has 2 fully saturated rings. The number of isocyanates is 1. The number of aliphatic imine (C=N–C) groups is 1. The fourth-order valence-electron chi connectivity index (χ4n) is 2.41. The first-order valence-electron chi connectivity index (χ1n) is 6.37. The number of ether oxygens (including phenoxy) is 1. The fraction of sp³-hybridized carbons (Fsp3) is 0.500. The van der Waals surface area contributed by atoms with Crippen LogP contribution in [0.2, 0.25) is 5.02 Å². The second-order valence-corrected chi connectivity index (χ2v) is 6.49. The lowest BCUT2D eigenvalue weighted by Gasteiger charge is -2.37. The molecule has 0 N–H and O–H groups in total. The molecule has 100 valence electrons. The number of rotatable bonds is 4. The Morgan fingerprint density at radius 3 is 2.68 bits per heavy atom. The standard InChI is InChI=1S/C14H14ClNO2S/c15-12-6-10(14(16-9-17)4-1-5-14)2-3-13(12)18-11-7-19-8-11/h2-3,6,11H,1,4-5,7-8H2. The van der Waals surface area contributed by atoms with Crippen molar-refractivity contribution in [2.24, 2.45) is 4.99 Å². The van der Waals surface area contributed by atoms with E-state index in [1.807, 2.05) is 30.0 Å². The van der Waals surface area contributed by atoms with Crippen molar-refractivity contribution in [3.8, 4) is 5.75 Å². The molecule has 3 rings (SSSR count). The van der Waals surface area contributed by atoms with E-state index in [1.165, 1.54) is 0 Å². The van der Waals surface area contributed by atoms with E-state index in [-0.39, 0.29) is 6.10 Å². The Labute approximate surface area is 121 Å². The number of carbonyl (C=O) groups excluding carboxylic acids is 1. The van der Waals surface area contributed by atoms with Crippen molar-refractivity contribution in [3.63, 3.8) is 0 Å². The second kappa shape index (κ2) is 5.20. The van der Waals surface area contributed by atoms with Gasteiger partial charge in [0.2, 0.25) is 6.08 Å². The van der Waals surface area contributed by atoms with Crippen LogP contribution in [-0.4, -0.2) is 23.7 Å². The van der Waals surface area contributed by atoms with E-state index in [1.54, 1.807) is 6.08 Å². The minimum Gasteiger partial charge on any atom is -0.487 e. The molecular weight excluding hydrogens is 282 g/mol. The van der Waals surface area contributed by atoms with E-state index in [4.69, 9.17) is 16.3 Å². The van der Waals surface area contributed by atoms with Crippen molar-refractivity contribution in [1.29, 1.82) is 0 Å². The van der Waals surface area contributed by atoms with Crippen LogP contribution in [0.1, 0.15) is 24.8 Å². The van der Waals surface area contributed by atoms with Crippen LogP contribution < -0.4 is 4.74 Å². The quantitative estimate of drug-likeness (QED) is 0.630. The number of hydrogen-bond donors (Lipinski definition) is 0. The average molecular weight is 296 g/mol. The highest BCUT2D eigenvalue weighted by Crippen LogP contribution is 2.46. The van der Waals surface area contributed by atoms with Crippen LogP contribution in [0, 0.1) is 0 Å². The minimum atomic E-state index is -0.393. The van der Waals surface area contributed by atoms with Crippen LogP contribution >= 0.6 is 23.4 Å². The Hall–Kier alpha value is -0.960. The first kappa shape index (κ1) is 13.0. The maximum absolute atomic E-state index is 10.6. The van der Waals surface area contributed by atoms with Gasteiger partial charge in [-0.25, -0.2) is 4.79 Å². The Morgan fingerprint density at radius 2 is 2.21 bits per heavy atom. The van der Waals surface area contributed by atoms with Crippen molar-refractivity contribution < 1.29 is 9.53 Å². The smallest absolute Gasteiger partial charge is 0.235 e. The van der Waals surface area contributed by atoms with Crippen LogP contribution in [-0.2, 0) is 10.3 Å². The molecule has 1 aromatic carbocycles. The van der Waals surface area contributed by atoms with Gasteiger partial charge in [0, 0.05) is 11.5 Å². The summed E-state index contributed by atoms with van der Waals surface area (Å²) in [7, 11) is 0. The average Bonchev–Trinajstić information content (AvgIpc) is 2.30. The number of hydrogen-bond acceptors (Lipinski definition) is 4. The van der Waals surface area contributed by atoms with E-state index in [2.05, 4.69) is 4.99 Å². The van der Waals surface area contributed by atoms with Crippen LogP contribution in [0.15, 0.2) is 23.2 Å². The Balaban J connectivity index is 1.83. The molecule has 1 aliphatic carbocycles. The highest BCUT2D eigenvalue weighted by molar-refractivity contribution is 8.00. The van der Waals surface area contributed by atoms with E-state index in [0.29, 0.717) is 5.02 Å². The van der Waals surface area contributed by atoms with Gasteiger partial charge in [-0.05, 0) is 37.0 Å². The van der Waals surface area contributed by atoms with Gasteiger partial charge < -0.3 is 4.74 Å². The normalized spacial score (nSPS) is 20.9. The third-order valence-corrected chi connectivity index (χ3v) is 5.32. The minimum absolute atomic E-state index is 0.277. The summed E-state index contributed by atoms with van der Waals surface area (Å²) in [6, 6.07) is 5.73. The number of halogens is 1. The first-order valence-corrected chi connectivity index (χ1v) is 7.90. The number of benzene rings is 1. The molecule has 0 radical (unpaired) electrons. The Kier molecular flexibility index (Phi) is 3.57. The van der Waals surface area contributed by atoms with E-state index < -0.39 is 5.54 Å². The summed E-state index contributed by atoms with van der Waals surface area (Å²) >= 11 is 8.14. The van der Waals surface area contributed by atoms with Gasteiger partial charge in [-0.15, -0.1) is 0 Å². The fourth-order valence-corrected chi connectivity index (χ4v) is 3.20. The summed E-state index contributed by atoms with van der Waals surface area (Å²) in [5.74, 6) is 2.77. The van der Waals surface area contributed by atoms with Gasteiger partial charge in [0.05, 0.1) is 10.6 Å². The third-order valence-electron chi connectivity index (χ3n) is 3.81. The van der Waals surface area contributed by atoms with Gasteiger partial charge in [0.15, 0.2) is 0 Å². The number of nitrogens with zero attached hydrogens (tertiary/aromatic N) is 1. The summed E-state index contributed by atoms with van der Waals surface area (Å²) in [6.07, 6.45) is 4.83. The lowest BCUT2D eigenvalue weighted by atomic mass is 9.72. The van der Waals surface area contributed by atoms with Crippen molar-refractivity contribution in [2.75, 3.05) is 11.5 Å². The molecule has 0 bridgehead atoms. The molecule has 1 heterocycles. The molecule has 3 nitrogen and oxygen atoms in total. The van der Waals surface area contributed by atoms with E-state index in [9.17, 15) is 4.79 Å². The lowest BCUT2D eigenvalue weighted by Crippen LogP contribution is -2.32. The van der Waals surface area contributed by atoms with Crippen molar-refractivity contribution >= 4 is 29.4 Å². The molecule has 1 saturated heterocycles. The van der Waals surface area contributed by atoms with Crippen molar-refractivity contribution in [2.45, 2.75) is 30.9 Å². The van der Waals surface area contributed by atoms with Gasteiger partial charge in [0.1, 0.15) is 11.9 Å². The number of thioether (sulfide) groups is 1. The monoisotopic (exact) mass is 295 g/mol. The molecule has 0 aromatic heterocycles. The molecular formula is C14H14ClNO2S.